The Hall–Kier alpha value is -2.34. The lowest BCUT2D eigenvalue weighted by Gasteiger charge is -2.30. The number of aromatic nitrogens is 2. The number of hydrogen-bond donors (Lipinski definition) is 2. The Morgan fingerprint density at radius 3 is 2.44 bits per heavy atom. The highest BCUT2D eigenvalue weighted by atomic mass is 15.3. The number of para-hydroxylation sites is 1. The fourth-order valence-corrected chi connectivity index (χ4v) is 3.16. The third-order valence-corrected chi connectivity index (χ3v) is 4.55. The van der Waals surface area contributed by atoms with Gasteiger partial charge in [0.25, 0.3) is 0 Å². The minimum absolute atomic E-state index is 0.573. The van der Waals surface area contributed by atoms with Gasteiger partial charge in [0.2, 0.25) is 0 Å². The molecule has 0 aliphatic rings. The first-order valence-electron chi connectivity index (χ1n) is 9.80. The number of guanidine groups is 1. The van der Waals surface area contributed by atoms with Crippen LogP contribution in [-0.4, -0.2) is 52.9 Å². The summed E-state index contributed by atoms with van der Waals surface area (Å²) in [5.74, 6) is 0.822. The highest BCUT2D eigenvalue weighted by molar-refractivity contribution is 5.79. The zero-order valence-electron chi connectivity index (χ0n) is 17.3. The van der Waals surface area contributed by atoms with Gasteiger partial charge < -0.3 is 10.6 Å². The van der Waals surface area contributed by atoms with Crippen LogP contribution in [0.25, 0.3) is 5.69 Å². The van der Waals surface area contributed by atoms with Gasteiger partial charge in [0.05, 0.1) is 11.9 Å². The van der Waals surface area contributed by atoms with Crippen molar-refractivity contribution in [3.05, 3.63) is 48.3 Å². The van der Waals surface area contributed by atoms with Gasteiger partial charge in [-0.2, -0.15) is 5.10 Å². The molecular weight excluding hydrogens is 336 g/mol. The fourth-order valence-electron chi connectivity index (χ4n) is 3.16. The monoisotopic (exact) mass is 370 g/mol. The molecule has 0 spiro atoms. The molecule has 0 unspecified atom stereocenters. The number of aliphatic imine (C=N–C) groups is 1. The summed E-state index contributed by atoms with van der Waals surface area (Å²) in [6.45, 7) is 11.7. The van der Waals surface area contributed by atoms with E-state index in [1.165, 1.54) is 0 Å². The zero-order valence-corrected chi connectivity index (χ0v) is 17.3. The van der Waals surface area contributed by atoms with E-state index in [2.05, 4.69) is 53.3 Å². The van der Waals surface area contributed by atoms with Crippen LogP contribution in [0, 0.1) is 0 Å². The van der Waals surface area contributed by atoms with Crippen molar-refractivity contribution in [2.75, 3.05) is 20.1 Å². The van der Waals surface area contributed by atoms with Crippen LogP contribution >= 0.6 is 0 Å². The van der Waals surface area contributed by atoms with Crippen molar-refractivity contribution in [1.29, 1.82) is 0 Å². The lowest BCUT2D eigenvalue weighted by Crippen LogP contribution is -2.41. The van der Waals surface area contributed by atoms with E-state index in [1.807, 2.05) is 47.4 Å². The topological polar surface area (TPSA) is 57.5 Å². The highest BCUT2D eigenvalue weighted by Crippen LogP contribution is 2.07. The van der Waals surface area contributed by atoms with E-state index < -0.39 is 0 Å². The molecule has 0 aliphatic carbocycles. The molecule has 0 fully saturated rings. The number of rotatable bonds is 9. The number of nitrogens with zero attached hydrogens (tertiary/aromatic N) is 4. The molecule has 148 valence electrons. The van der Waals surface area contributed by atoms with Gasteiger partial charge in [0, 0.05) is 50.5 Å². The summed E-state index contributed by atoms with van der Waals surface area (Å²) in [6, 6.07) is 11.3. The molecule has 0 atom stereocenters. The van der Waals surface area contributed by atoms with Crippen LogP contribution in [0.5, 0.6) is 0 Å². The van der Waals surface area contributed by atoms with Gasteiger partial charge in [-0.05, 0) is 46.2 Å². The predicted octanol–water partition coefficient (Wildman–Crippen LogP) is 3.05. The Bertz CT molecular complexity index is 682. The second-order valence-electron chi connectivity index (χ2n) is 7.26. The van der Waals surface area contributed by atoms with E-state index >= 15 is 0 Å². The lowest BCUT2D eigenvalue weighted by molar-refractivity contribution is 0.173. The first-order chi connectivity index (χ1) is 13.0. The molecule has 6 nitrogen and oxygen atoms in total. The predicted molar refractivity (Wildman–Crippen MR) is 113 cm³/mol. The summed E-state index contributed by atoms with van der Waals surface area (Å²) in [5, 5.41) is 11.2. The van der Waals surface area contributed by atoms with Crippen molar-refractivity contribution < 1.29 is 0 Å². The molecular formula is C21H34N6. The third kappa shape index (κ3) is 6.71. The minimum Gasteiger partial charge on any atom is -0.356 e. The van der Waals surface area contributed by atoms with E-state index in [-0.39, 0.29) is 0 Å². The second-order valence-corrected chi connectivity index (χ2v) is 7.26. The normalized spacial score (nSPS) is 12.2. The van der Waals surface area contributed by atoms with Crippen LogP contribution < -0.4 is 10.6 Å². The molecule has 0 radical (unpaired) electrons. The molecule has 0 saturated heterocycles. The largest absolute Gasteiger partial charge is 0.356 e. The van der Waals surface area contributed by atoms with Crippen LogP contribution in [0.15, 0.2) is 47.7 Å². The third-order valence-electron chi connectivity index (χ3n) is 4.55. The van der Waals surface area contributed by atoms with Gasteiger partial charge in [-0.15, -0.1) is 0 Å². The lowest BCUT2D eigenvalue weighted by atomic mass is 10.2. The molecule has 0 amide bonds. The summed E-state index contributed by atoms with van der Waals surface area (Å²) in [4.78, 5) is 6.82. The van der Waals surface area contributed by atoms with Crippen LogP contribution in [0.4, 0.5) is 0 Å². The summed E-state index contributed by atoms with van der Waals surface area (Å²) in [5.41, 5.74) is 2.18. The van der Waals surface area contributed by atoms with Gasteiger partial charge in [-0.25, -0.2) is 4.68 Å². The number of hydrogen-bond acceptors (Lipinski definition) is 3. The van der Waals surface area contributed by atoms with Crippen LogP contribution in [0.1, 0.15) is 39.7 Å². The van der Waals surface area contributed by atoms with Crippen LogP contribution in [0.2, 0.25) is 0 Å². The summed E-state index contributed by atoms with van der Waals surface area (Å²) in [7, 11) is 1.80. The molecule has 2 N–H and O–H groups in total. The van der Waals surface area contributed by atoms with Gasteiger partial charge >= 0.3 is 0 Å². The Morgan fingerprint density at radius 2 is 1.81 bits per heavy atom. The van der Waals surface area contributed by atoms with E-state index in [9.17, 15) is 0 Å². The Kier molecular flexibility index (Phi) is 8.33. The van der Waals surface area contributed by atoms with E-state index in [4.69, 9.17) is 0 Å². The molecule has 1 heterocycles. The van der Waals surface area contributed by atoms with Crippen molar-refractivity contribution in [2.45, 2.75) is 52.7 Å². The maximum absolute atomic E-state index is 4.43. The molecule has 2 rings (SSSR count). The summed E-state index contributed by atoms with van der Waals surface area (Å²) in [6.07, 6.45) is 5.01. The minimum atomic E-state index is 0.573. The maximum Gasteiger partial charge on any atom is 0.191 e. The molecule has 0 saturated carbocycles. The van der Waals surface area contributed by atoms with Crippen LogP contribution in [0.3, 0.4) is 0 Å². The first kappa shape index (κ1) is 21.0. The van der Waals surface area contributed by atoms with Gasteiger partial charge in [-0.3, -0.25) is 9.89 Å². The SMILES string of the molecule is CN=C(NCCCN(C(C)C)C(C)C)NCc1cnn(-c2ccccc2)c1. The molecule has 1 aromatic heterocycles. The summed E-state index contributed by atoms with van der Waals surface area (Å²) >= 11 is 0. The number of benzene rings is 1. The van der Waals surface area contributed by atoms with Crippen molar-refractivity contribution in [3.63, 3.8) is 0 Å². The molecule has 0 aliphatic heterocycles. The smallest absolute Gasteiger partial charge is 0.191 e. The van der Waals surface area contributed by atoms with Gasteiger partial charge in [0.1, 0.15) is 0 Å². The molecule has 1 aromatic carbocycles. The molecule has 0 bridgehead atoms. The Balaban J connectivity index is 1.75. The number of nitrogens with one attached hydrogen (secondary N) is 2. The first-order valence-corrected chi connectivity index (χ1v) is 9.80. The van der Waals surface area contributed by atoms with Crippen LogP contribution in [-0.2, 0) is 6.54 Å². The van der Waals surface area contributed by atoms with Crippen molar-refractivity contribution in [2.24, 2.45) is 4.99 Å². The maximum atomic E-state index is 4.43. The Labute approximate surface area is 163 Å². The average molecular weight is 371 g/mol. The fraction of sp³-hybridized carbons (Fsp3) is 0.524. The quantitative estimate of drug-likeness (QED) is 0.405. The van der Waals surface area contributed by atoms with E-state index in [1.54, 1.807) is 7.05 Å². The zero-order chi connectivity index (χ0) is 19.6. The molecule has 2 aromatic rings. The molecule has 6 heteroatoms. The standard InChI is InChI=1S/C21H34N6/c1-17(2)26(18(3)4)13-9-12-23-21(22-5)24-14-19-15-25-27(16-19)20-10-7-6-8-11-20/h6-8,10-11,15-18H,9,12-14H2,1-5H3,(H2,22,23,24). The van der Waals surface area contributed by atoms with Gasteiger partial charge in [0.15, 0.2) is 5.96 Å². The highest BCUT2D eigenvalue weighted by Gasteiger charge is 2.12. The second kappa shape index (κ2) is 10.7. The molecule has 27 heavy (non-hydrogen) atoms. The van der Waals surface area contributed by atoms with Crippen molar-refractivity contribution >= 4 is 5.96 Å². The van der Waals surface area contributed by atoms with Crippen molar-refractivity contribution in [3.8, 4) is 5.69 Å². The average Bonchev–Trinajstić information content (AvgIpc) is 3.13. The van der Waals surface area contributed by atoms with E-state index in [0.29, 0.717) is 18.6 Å². The summed E-state index contributed by atoms with van der Waals surface area (Å²) < 4.78 is 1.89. The van der Waals surface area contributed by atoms with E-state index in [0.717, 1.165) is 36.7 Å². The van der Waals surface area contributed by atoms with Gasteiger partial charge in [-0.1, -0.05) is 18.2 Å². The Morgan fingerprint density at radius 1 is 1.11 bits per heavy atom. The van der Waals surface area contributed by atoms with Crippen molar-refractivity contribution in [1.82, 2.24) is 25.3 Å².